The fraction of sp³-hybridized carbons (Fsp3) is 0.400. The first-order valence-corrected chi connectivity index (χ1v) is 6.60. The van der Waals surface area contributed by atoms with E-state index in [1.165, 1.54) is 6.07 Å². The van der Waals surface area contributed by atoms with E-state index < -0.39 is 15.9 Å². The van der Waals surface area contributed by atoms with Crippen LogP contribution in [-0.2, 0) is 10.0 Å². The highest BCUT2D eigenvalue weighted by atomic mass is 32.2. The summed E-state index contributed by atoms with van der Waals surface area (Å²) in [5.41, 5.74) is 0.882. The quantitative estimate of drug-likeness (QED) is 0.719. The Labute approximate surface area is 94.2 Å². The van der Waals surface area contributed by atoms with Gasteiger partial charge in [-0.1, -0.05) is 6.07 Å². The van der Waals surface area contributed by atoms with Crippen LogP contribution in [0.1, 0.15) is 22.6 Å². The maximum atomic E-state index is 11.9. The third-order valence-electron chi connectivity index (χ3n) is 2.43. The van der Waals surface area contributed by atoms with Crippen molar-refractivity contribution in [2.75, 3.05) is 12.3 Å². The van der Waals surface area contributed by atoms with Crippen LogP contribution >= 0.6 is 0 Å². The van der Waals surface area contributed by atoms with E-state index in [9.17, 15) is 13.2 Å². The molecule has 0 aliphatic carbocycles. The van der Waals surface area contributed by atoms with Crippen LogP contribution in [0.2, 0.25) is 0 Å². The molecule has 0 spiro atoms. The van der Waals surface area contributed by atoms with E-state index in [-0.39, 0.29) is 18.0 Å². The zero-order chi connectivity index (χ0) is 11.8. The smallest absolute Gasteiger partial charge is 0.266 e. The van der Waals surface area contributed by atoms with Gasteiger partial charge in [0.25, 0.3) is 5.91 Å². The molecule has 2 rings (SSSR count). The molecule has 86 valence electrons. The molecule has 1 aliphatic heterocycles. The molecule has 2 heterocycles. The molecule has 5 nitrogen and oxygen atoms in total. The van der Waals surface area contributed by atoms with Gasteiger partial charge in [0.05, 0.1) is 5.75 Å². The van der Waals surface area contributed by atoms with Crippen molar-refractivity contribution in [2.45, 2.75) is 13.3 Å². The summed E-state index contributed by atoms with van der Waals surface area (Å²) in [6.45, 7) is 2.02. The molecule has 6 heteroatoms. The van der Waals surface area contributed by atoms with Gasteiger partial charge in [-0.3, -0.25) is 4.79 Å². The van der Waals surface area contributed by atoms with Gasteiger partial charge in [0.1, 0.15) is 5.69 Å². The molecule has 1 saturated heterocycles. The van der Waals surface area contributed by atoms with Crippen LogP contribution in [0.15, 0.2) is 18.2 Å². The van der Waals surface area contributed by atoms with Crippen molar-refractivity contribution >= 4 is 15.9 Å². The van der Waals surface area contributed by atoms with Crippen molar-refractivity contribution in [3.8, 4) is 0 Å². The Bertz CT molecular complexity index is 525. The number of aryl methyl sites for hydroxylation is 1. The lowest BCUT2D eigenvalue weighted by molar-refractivity contribution is 0.0864. The first kappa shape index (κ1) is 11.1. The predicted octanol–water partition coefficient (Wildman–Crippen LogP) is 0.566. The minimum Gasteiger partial charge on any atom is -0.266 e. The van der Waals surface area contributed by atoms with E-state index in [1.807, 2.05) is 0 Å². The lowest BCUT2D eigenvalue weighted by Gasteiger charge is -2.13. The molecule has 0 bridgehead atoms. The molecule has 16 heavy (non-hydrogen) atoms. The van der Waals surface area contributed by atoms with Gasteiger partial charge in [-0.15, -0.1) is 0 Å². The number of carbonyl (C=O) groups is 1. The summed E-state index contributed by atoms with van der Waals surface area (Å²) in [4.78, 5) is 15.9. The number of sulfonamides is 1. The Hall–Kier alpha value is -1.43. The molecule has 1 fully saturated rings. The summed E-state index contributed by atoms with van der Waals surface area (Å²) in [6, 6.07) is 4.98. The summed E-state index contributed by atoms with van der Waals surface area (Å²) in [7, 11) is -3.40. The monoisotopic (exact) mass is 240 g/mol. The third-order valence-corrected chi connectivity index (χ3v) is 4.26. The van der Waals surface area contributed by atoms with Gasteiger partial charge in [0.2, 0.25) is 10.0 Å². The second kappa shape index (κ2) is 3.86. The zero-order valence-corrected chi connectivity index (χ0v) is 9.70. The summed E-state index contributed by atoms with van der Waals surface area (Å²) in [5, 5.41) is 0. The third kappa shape index (κ3) is 1.92. The Morgan fingerprint density at radius 3 is 2.75 bits per heavy atom. The average Bonchev–Trinajstić information content (AvgIpc) is 2.57. The van der Waals surface area contributed by atoms with Crippen molar-refractivity contribution in [3.05, 3.63) is 29.6 Å². The number of aromatic nitrogens is 1. The lowest BCUT2D eigenvalue weighted by Crippen LogP contribution is -2.33. The molecular weight excluding hydrogens is 228 g/mol. The van der Waals surface area contributed by atoms with E-state index in [0.717, 1.165) is 4.31 Å². The molecule has 0 aromatic carbocycles. The van der Waals surface area contributed by atoms with Crippen LogP contribution in [0, 0.1) is 6.92 Å². The van der Waals surface area contributed by atoms with Gasteiger partial charge in [-0.25, -0.2) is 17.7 Å². The van der Waals surface area contributed by atoms with Crippen LogP contribution < -0.4 is 0 Å². The normalized spacial score (nSPS) is 18.7. The molecule has 0 saturated carbocycles. The molecule has 0 N–H and O–H groups in total. The molecule has 1 aliphatic rings. The fourth-order valence-electron chi connectivity index (χ4n) is 1.66. The number of amides is 1. The molecule has 0 radical (unpaired) electrons. The van der Waals surface area contributed by atoms with Gasteiger partial charge in [0, 0.05) is 12.2 Å². The van der Waals surface area contributed by atoms with Crippen molar-refractivity contribution in [2.24, 2.45) is 0 Å². The van der Waals surface area contributed by atoms with Crippen molar-refractivity contribution in [1.82, 2.24) is 9.29 Å². The van der Waals surface area contributed by atoms with E-state index in [1.54, 1.807) is 19.1 Å². The molecule has 1 amide bonds. The highest BCUT2D eigenvalue weighted by molar-refractivity contribution is 7.89. The van der Waals surface area contributed by atoms with Crippen LogP contribution in [0.5, 0.6) is 0 Å². The van der Waals surface area contributed by atoms with Gasteiger partial charge < -0.3 is 0 Å². The number of carbonyl (C=O) groups excluding carboxylic acids is 1. The largest absolute Gasteiger partial charge is 0.285 e. The Balaban J connectivity index is 2.33. The van der Waals surface area contributed by atoms with Crippen LogP contribution in [0.4, 0.5) is 0 Å². The second-order valence-corrected chi connectivity index (χ2v) is 5.72. The summed E-state index contributed by atoms with van der Waals surface area (Å²) in [6.07, 6.45) is 0.500. The maximum absolute atomic E-state index is 11.9. The average molecular weight is 240 g/mol. The Kier molecular flexibility index (Phi) is 2.67. The zero-order valence-electron chi connectivity index (χ0n) is 8.88. The lowest BCUT2D eigenvalue weighted by atomic mass is 10.3. The molecule has 1 aromatic heterocycles. The van der Waals surface area contributed by atoms with E-state index in [4.69, 9.17) is 0 Å². The first-order chi connectivity index (χ1) is 7.50. The SMILES string of the molecule is Cc1cccc(C(=O)N2CCCS2(=O)=O)n1. The Morgan fingerprint density at radius 1 is 1.44 bits per heavy atom. The number of hydrogen-bond acceptors (Lipinski definition) is 4. The molecule has 1 aromatic rings. The molecule has 0 atom stereocenters. The summed E-state index contributed by atoms with van der Waals surface area (Å²) >= 11 is 0. The Morgan fingerprint density at radius 2 is 2.19 bits per heavy atom. The van der Waals surface area contributed by atoms with E-state index >= 15 is 0 Å². The van der Waals surface area contributed by atoms with Crippen LogP contribution in [0.3, 0.4) is 0 Å². The highest BCUT2D eigenvalue weighted by Crippen LogP contribution is 2.16. The van der Waals surface area contributed by atoms with Crippen molar-refractivity contribution < 1.29 is 13.2 Å². The highest BCUT2D eigenvalue weighted by Gasteiger charge is 2.33. The first-order valence-electron chi connectivity index (χ1n) is 4.99. The topological polar surface area (TPSA) is 67.3 Å². The number of nitrogens with zero attached hydrogens (tertiary/aromatic N) is 2. The van der Waals surface area contributed by atoms with Crippen molar-refractivity contribution in [1.29, 1.82) is 0 Å². The van der Waals surface area contributed by atoms with Gasteiger partial charge in [0.15, 0.2) is 0 Å². The minimum atomic E-state index is -3.40. The van der Waals surface area contributed by atoms with E-state index in [0.29, 0.717) is 12.1 Å². The van der Waals surface area contributed by atoms with Gasteiger partial charge in [-0.2, -0.15) is 0 Å². The fourth-order valence-corrected chi connectivity index (χ4v) is 3.13. The summed E-state index contributed by atoms with van der Waals surface area (Å²) < 4.78 is 24.0. The van der Waals surface area contributed by atoms with E-state index in [2.05, 4.69) is 4.98 Å². The number of rotatable bonds is 1. The molecule has 0 unspecified atom stereocenters. The second-order valence-electron chi connectivity index (χ2n) is 3.71. The maximum Gasteiger partial charge on any atom is 0.285 e. The predicted molar refractivity (Wildman–Crippen MR) is 58.4 cm³/mol. The number of pyridine rings is 1. The standard InChI is InChI=1S/C10H12N2O3S/c1-8-4-2-5-9(11-8)10(13)12-6-3-7-16(12,14)15/h2,4-5H,3,6-7H2,1H3. The minimum absolute atomic E-state index is 0.0462. The van der Waals surface area contributed by atoms with Crippen LogP contribution in [0.25, 0.3) is 0 Å². The van der Waals surface area contributed by atoms with Crippen molar-refractivity contribution in [3.63, 3.8) is 0 Å². The van der Waals surface area contributed by atoms with Gasteiger partial charge >= 0.3 is 0 Å². The molecular formula is C10H12N2O3S. The van der Waals surface area contributed by atoms with Gasteiger partial charge in [-0.05, 0) is 25.5 Å². The summed E-state index contributed by atoms with van der Waals surface area (Å²) in [5.74, 6) is -0.480. The number of hydrogen-bond donors (Lipinski definition) is 0. The van der Waals surface area contributed by atoms with Crippen LogP contribution in [-0.4, -0.2) is 35.9 Å².